The second kappa shape index (κ2) is 4.83. The van der Waals surface area contributed by atoms with Crippen LogP contribution in [0.3, 0.4) is 0 Å². The molecule has 0 fully saturated rings. The zero-order valence-corrected chi connectivity index (χ0v) is 8.10. The standard InChI is InChI=1S/C10H15NO3/c1-7-3-2-4-9(13)10(7)14-6-8(12)5-11/h2-4,8,12-13H,5-6,11H2,1H3. The summed E-state index contributed by atoms with van der Waals surface area (Å²) in [6, 6.07) is 5.10. The smallest absolute Gasteiger partial charge is 0.163 e. The molecule has 0 saturated carbocycles. The van der Waals surface area contributed by atoms with Gasteiger partial charge in [-0.05, 0) is 18.6 Å². The van der Waals surface area contributed by atoms with Crippen LogP contribution in [0.4, 0.5) is 0 Å². The fraction of sp³-hybridized carbons (Fsp3) is 0.400. The predicted octanol–water partition coefficient (Wildman–Crippen LogP) is 0.399. The number of hydrogen-bond acceptors (Lipinski definition) is 4. The van der Waals surface area contributed by atoms with Crippen LogP contribution < -0.4 is 10.5 Å². The molecule has 0 aliphatic heterocycles. The highest BCUT2D eigenvalue weighted by atomic mass is 16.5. The molecule has 0 spiro atoms. The van der Waals surface area contributed by atoms with Crippen molar-refractivity contribution in [3.63, 3.8) is 0 Å². The first-order valence-corrected chi connectivity index (χ1v) is 4.44. The molecule has 1 unspecified atom stereocenters. The van der Waals surface area contributed by atoms with Gasteiger partial charge < -0.3 is 20.7 Å². The lowest BCUT2D eigenvalue weighted by Gasteiger charge is -2.13. The normalized spacial score (nSPS) is 12.5. The van der Waals surface area contributed by atoms with Crippen molar-refractivity contribution >= 4 is 0 Å². The van der Waals surface area contributed by atoms with Crippen molar-refractivity contribution in [3.05, 3.63) is 23.8 Å². The van der Waals surface area contributed by atoms with Crippen LogP contribution in [0.15, 0.2) is 18.2 Å². The molecule has 1 rings (SSSR count). The molecule has 0 bridgehead atoms. The number of nitrogens with two attached hydrogens (primary N) is 1. The van der Waals surface area contributed by atoms with Gasteiger partial charge in [0.1, 0.15) is 12.7 Å². The monoisotopic (exact) mass is 197 g/mol. The van der Waals surface area contributed by atoms with Gasteiger partial charge in [0.2, 0.25) is 0 Å². The lowest BCUT2D eigenvalue weighted by atomic mass is 10.2. The van der Waals surface area contributed by atoms with Gasteiger partial charge >= 0.3 is 0 Å². The number of aliphatic hydroxyl groups is 1. The van der Waals surface area contributed by atoms with Crippen LogP contribution >= 0.6 is 0 Å². The Morgan fingerprint density at radius 2 is 2.21 bits per heavy atom. The third-order valence-electron chi connectivity index (χ3n) is 1.88. The van der Waals surface area contributed by atoms with Gasteiger partial charge in [0.15, 0.2) is 11.5 Å². The van der Waals surface area contributed by atoms with Crippen molar-refractivity contribution < 1.29 is 14.9 Å². The highest BCUT2D eigenvalue weighted by Crippen LogP contribution is 2.29. The summed E-state index contributed by atoms with van der Waals surface area (Å²) in [4.78, 5) is 0. The Kier molecular flexibility index (Phi) is 3.73. The number of hydrogen-bond donors (Lipinski definition) is 3. The van der Waals surface area contributed by atoms with Gasteiger partial charge in [-0.2, -0.15) is 0 Å². The number of ether oxygens (including phenoxy) is 1. The highest BCUT2D eigenvalue weighted by Gasteiger charge is 2.08. The molecule has 78 valence electrons. The summed E-state index contributed by atoms with van der Waals surface area (Å²) in [6.45, 7) is 2.06. The summed E-state index contributed by atoms with van der Waals surface area (Å²) >= 11 is 0. The number of para-hydroxylation sites is 1. The summed E-state index contributed by atoms with van der Waals surface area (Å²) in [5.74, 6) is 0.481. The number of aryl methyl sites for hydroxylation is 1. The first-order chi connectivity index (χ1) is 6.65. The minimum absolute atomic E-state index is 0.0780. The summed E-state index contributed by atoms with van der Waals surface area (Å²) in [5, 5.41) is 18.6. The molecule has 1 atom stereocenters. The van der Waals surface area contributed by atoms with Gasteiger partial charge in [-0.25, -0.2) is 0 Å². The molecule has 0 radical (unpaired) electrons. The average molecular weight is 197 g/mol. The van der Waals surface area contributed by atoms with Crippen molar-refractivity contribution in [3.8, 4) is 11.5 Å². The zero-order chi connectivity index (χ0) is 10.6. The quantitative estimate of drug-likeness (QED) is 0.653. The Hall–Kier alpha value is -1.26. The number of rotatable bonds is 4. The molecule has 0 aliphatic carbocycles. The fourth-order valence-electron chi connectivity index (χ4n) is 1.07. The third kappa shape index (κ3) is 2.61. The molecule has 4 nitrogen and oxygen atoms in total. The van der Waals surface area contributed by atoms with Gasteiger partial charge in [0, 0.05) is 6.54 Å². The van der Waals surface area contributed by atoms with Crippen LogP contribution in [0.5, 0.6) is 11.5 Å². The van der Waals surface area contributed by atoms with Crippen molar-refractivity contribution in [1.29, 1.82) is 0 Å². The van der Waals surface area contributed by atoms with E-state index >= 15 is 0 Å². The Balaban J connectivity index is 2.66. The van der Waals surface area contributed by atoms with Gasteiger partial charge in [-0.1, -0.05) is 12.1 Å². The number of phenolic OH excluding ortho intramolecular Hbond substituents is 1. The molecule has 0 aromatic heterocycles. The number of phenols is 1. The van der Waals surface area contributed by atoms with E-state index in [2.05, 4.69) is 0 Å². The summed E-state index contributed by atoms with van der Waals surface area (Å²) < 4.78 is 5.24. The van der Waals surface area contributed by atoms with Gasteiger partial charge in [-0.3, -0.25) is 0 Å². The molecular formula is C10H15NO3. The van der Waals surface area contributed by atoms with Gasteiger partial charge in [0.25, 0.3) is 0 Å². The number of aromatic hydroxyl groups is 1. The number of aliphatic hydroxyl groups excluding tert-OH is 1. The van der Waals surface area contributed by atoms with E-state index in [4.69, 9.17) is 15.6 Å². The molecule has 1 aromatic carbocycles. The molecule has 0 heterocycles. The van der Waals surface area contributed by atoms with Crippen LogP contribution in [-0.2, 0) is 0 Å². The van der Waals surface area contributed by atoms with Crippen molar-refractivity contribution in [2.24, 2.45) is 5.73 Å². The van der Waals surface area contributed by atoms with E-state index in [1.54, 1.807) is 6.07 Å². The van der Waals surface area contributed by atoms with Gasteiger partial charge in [-0.15, -0.1) is 0 Å². The SMILES string of the molecule is Cc1cccc(O)c1OCC(O)CN. The molecule has 1 aromatic rings. The third-order valence-corrected chi connectivity index (χ3v) is 1.88. The van der Waals surface area contributed by atoms with E-state index in [1.165, 1.54) is 6.07 Å². The molecule has 0 aliphatic rings. The largest absolute Gasteiger partial charge is 0.504 e. The first kappa shape index (κ1) is 10.8. The van der Waals surface area contributed by atoms with E-state index in [1.807, 2.05) is 13.0 Å². The molecule has 14 heavy (non-hydrogen) atoms. The first-order valence-electron chi connectivity index (χ1n) is 4.44. The maximum atomic E-state index is 9.44. The maximum absolute atomic E-state index is 9.44. The van der Waals surface area contributed by atoms with E-state index < -0.39 is 6.10 Å². The summed E-state index contributed by atoms with van der Waals surface area (Å²) in [6.07, 6.45) is -0.700. The van der Waals surface area contributed by atoms with Crippen LogP contribution in [0.2, 0.25) is 0 Å². The molecule has 4 N–H and O–H groups in total. The minimum atomic E-state index is -0.700. The second-order valence-corrected chi connectivity index (χ2v) is 3.12. The lowest BCUT2D eigenvalue weighted by molar-refractivity contribution is 0.112. The fourth-order valence-corrected chi connectivity index (χ4v) is 1.07. The van der Waals surface area contributed by atoms with E-state index in [0.29, 0.717) is 5.75 Å². The van der Waals surface area contributed by atoms with Crippen molar-refractivity contribution in [2.75, 3.05) is 13.2 Å². The molecule has 4 heteroatoms. The summed E-state index contributed by atoms with van der Waals surface area (Å²) in [5.41, 5.74) is 6.05. The predicted molar refractivity (Wildman–Crippen MR) is 53.4 cm³/mol. The van der Waals surface area contributed by atoms with Crippen LogP contribution in [0, 0.1) is 6.92 Å². The Bertz CT molecular complexity index is 281. The van der Waals surface area contributed by atoms with Crippen molar-refractivity contribution in [1.82, 2.24) is 0 Å². The van der Waals surface area contributed by atoms with Gasteiger partial charge in [0.05, 0.1) is 0 Å². The Morgan fingerprint density at radius 1 is 1.50 bits per heavy atom. The van der Waals surface area contributed by atoms with E-state index in [9.17, 15) is 5.11 Å². The highest BCUT2D eigenvalue weighted by molar-refractivity contribution is 5.44. The van der Waals surface area contributed by atoms with Crippen LogP contribution in [0.25, 0.3) is 0 Å². The summed E-state index contributed by atoms with van der Waals surface area (Å²) in [7, 11) is 0. The topological polar surface area (TPSA) is 75.7 Å². The number of benzene rings is 1. The van der Waals surface area contributed by atoms with Crippen LogP contribution in [0.1, 0.15) is 5.56 Å². The van der Waals surface area contributed by atoms with Crippen molar-refractivity contribution in [2.45, 2.75) is 13.0 Å². The maximum Gasteiger partial charge on any atom is 0.163 e. The lowest BCUT2D eigenvalue weighted by Crippen LogP contribution is -2.26. The second-order valence-electron chi connectivity index (χ2n) is 3.12. The Morgan fingerprint density at radius 3 is 2.79 bits per heavy atom. The van der Waals surface area contributed by atoms with E-state index in [-0.39, 0.29) is 18.9 Å². The van der Waals surface area contributed by atoms with Crippen LogP contribution in [-0.4, -0.2) is 29.5 Å². The zero-order valence-electron chi connectivity index (χ0n) is 8.10. The average Bonchev–Trinajstić information content (AvgIpc) is 2.16. The minimum Gasteiger partial charge on any atom is -0.504 e. The molecule has 0 amide bonds. The molecule has 0 saturated heterocycles. The van der Waals surface area contributed by atoms with E-state index in [0.717, 1.165) is 5.56 Å². The molecular weight excluding hydrogens is 182 g/mol. The Labute approximate surface area is 82.9 Å².